The summed E-state index contributed by atoms with van der Waals surface area (Å²) in [5, 5.41) is 4.86. The summed E-state index contributed by atoms with van der Waals surface area (Å²) in [7, 11) is 0. The second kappa shape index (κ2) is 9.82. The number of rotatable bonds is 7. The van der Waals surface area contributed by atoms with Gasteiger partial charge in [0.15, 0.2) is 0 Å². The molecule has 2 fully saturated rings. The van der Waals surface area contributed by atoms with Crippen LogP contribution in [0.2, 0.25) is 0 Å². The summed E-state index contributed by atoms with van der Waals surface area (Å²) in [6, 6.07) is 8.99. The van der Waals surface area contributed by atoms with Gasteiger partial charge in [0.1, 0.15) is 0 Å². The summed E-state index contributed by atoms with van der Waals surface area (Å²) in [6.45, 7) is 6.83. The van der Waals surface area contributed by atoms with Gasteiger partial charge in [0.2, 0.25) is 5.91 Å². The van der Waals surface area contributed by atoms with Gasteiger partial charge in [-0.15, -0.1) is 11.3 Å². The number of amides is 5. The standard InChI is InChI=1S/C23H27N5O4S/c1-16-5-3-6-17(2)20(16)24-19(29)14-25-8-10-26(11-9-25)15-28-22(31)21(30)27(23(28)32)13-18-7-4-12-33-18/h3-7,12H,8-11,13-15H2,1-2H3,(H,24,29). The summed E-state index contributed by atoms with van der Waals surface area (Å²) >= 11 is 1.43. The van der Waals surface area contributed by atoms with Gasteiger partial charge >= 0.3 is 17.8 Å². The molecule has 3 heterocycles. The number of nitrogens with one attached hydrogen (secondary N) is 1. The minimum Gasteiger partial charge on any atom is -0.324 e. The average molecular weight is 470 g/mol. The molecule has 2 aromatic rings. The second-order valence-corrected chi connectivity index (χ2v) is 9.37. The Morgan fingerprint density at radius 2 is 1.55 bits per heavy atom. The maximum Gasteiger partial charge on any atom is 0.335 e. The molecule has 2 aliphatic heterocycles. The zero-order valence-electron chi connectivity index (χ0n) is 18.7. The molecular formula is C23H27N5O4S. The van der Waals surface area contributed by atoms with Crippen molar-refractivity contribution in [1.82, 2.24) is 19.6 Å². The van der Waals surface area contributed by atoms with Gasteiger partial charge in [-0.3, -0.25) is 29.1 Å². The van der Waals surface area contributed by atoms with E-state index in [1.807, 2.05) is 59.4 Å². The van der Waals surface area contributed by atoms with Crippen LogP contribution in [0.5, 0.6) is 0 Å². The van der Waals surface area contributed by atoms with Crippen LogP contribution in [0.3, 0.4) is 0 Å². The fourth-order valence-electron chi connectivity index (χ4n) is 4.06. The van der Waals surface area contributed by atoms with Crippen LogP contribution < -0.4 is 5.32 Å². The molecule has 33 heavy (non-hydrogen) atoms. The van der Waals surface area contributed by atoms with Crippen molar-refractivity contribution in [3.05, 3.63) is 51.7 Å². The molecule has 4 rings (SSSR count). The Morgan fingerprint density at radius 3 is 2.18 bits per heavy atom. The van der Waals surface area contributed by atoms with E-state index in [1.165, 1.54) is 11.3 Å². The third kappa shape index (κ3) is 5.13. The zero-order valence-corrected chi connectivity index (χ0v) is 19.6. The monoisotopic (exact) mass is 469 g/mol. The molecule has 1 N–H and O–H groups in total. The summed E-state index contributed by atoms with van der Waals surface area (Å²) in [5.41, 5.74) is 2.90. The van der Waals surface area contributed by atoms with E-state index >= 15 is 0 Å². The number of carbonyl (C=O) groups excluding carboxylic acids is 4. The molecule has 10 heteroatoms. The Labute approximate surface area is 196 Å². The first-order valence-corrected chi connectivity index (χ1v) is 11.7. The fourth-order valence-corrected chi connectivity index (χ4v) is 4.75. The second-order valence-electron chi connectivity index (χ2n) is 8.34. The molecular weight excluding hydrogens is 442 g/mol. The quantitative estimate of drug-likeness (QED) is 0.492. The van der Waals surface area contributed by atoms with E-state index in [0.717, 1.165) is 31.5 Å². The Hall–Kier alpha value is -3.08. The van der Waals surface area contributed by atoms with Crippen molar-refractivity contribution in [2.45, 2.75) is 20.4 Å². The summed E-state index contributed by atoms with van der Waals surface area (Å²) in [5.74, 6) is -1.64. The predicted octanol–water partition coefficient (Wildman–Crippen LogP) is 1.87. The van der Waals surface area contributed by atoms with Crippen LogP contribution in [0, 0.1) is 13.8 Å². The third-order valence-corrected chi connectivity index (χ3v) is 6.81. The predicted molar refractivity (Wildman–Crippen MR) is 125 cm³/mol. The summed E-state index contributed by atoms with van der Waals surface area (Å²) < 4.78 is 0. The van der Waals surface area contributed by atoms with Gasteiger partial charge < -0.3 is 5.32 Å². The van der Waals surface area contributed by atoms with E-state index in [9.17, 15) is 19.2 Å². The van der Waals surface area contributed by atoms with E-state index in [0.29, 0.717) is 26.2 Å². The lowest BCUT2D eigenvalue weighted by atomic mass is 10.1. The molecule has 1 aromatic heterocycles. The fraction of sp³-hybridized carbons (Fsp3) is 0.391. The normalized spacial score (nSPS) is 17.8. The van der Waals surface area contributed by atoms with E-state index in [1.54, 1.807) is 0 Å². The van der Waals surface area contributed by atoms with Crippen molar-refractivity contribution in [3.8, 4) is 0 Å². The number of benzene rings is 1. The van der Waals surface area contributed by atoms with Gasteiger partial charge in [0.05, 0.1) is 19.8 Å². The SMILES string of the molecule is Cc1cccc(C)c1NC(=O)CN1CCN(CN2C(=O)C(=O)N(Cc3cccs3)C2=O)CC1. The molecule has 0 radical (unpaired) electrons. The van der Waals surface area contributed by atoms with Crippen molar-refractivity contribution >= 4 is 40.8 Å². The highest BCUT2D eigenvalue weighted by Crippen LogP contribution is 2.21. The van der Waals surface area contributed by atoms with Crippen molar-refractivity contribution in [2.24, 2.45) is 0 Å². The Bertz CT molecular complexity index is 1040. The van der Waals surface area contributed by atoms with E-state index in [4.69, 9.17) is 0 Å². The van der Waals surface area contributed by atoms with Crippen molar-refractivity contribution in [3.63, 3.8) is 0 Å². The number of hydrogen-bond donors (Lipinski definition) is 1. The van der Waals surface area contributed by atoms with Gasteiger partial charge in [0, 0.05) is 36.7 Å². The number of aryl methyl sites for hydroxylation is 2. The Balaban J connectivity index is 1.27. The third-order valence-electron chi connectivity index (χ3n) is 5.95. The van der Waals surface area contributed by atoms with Crippen LogP contribution in [0.25, 0.3) is 0 Å². The van der Waals surface area contributed by atoms with Gasteiger partial charge in [-0.05, 0) is 36.4 Å². The highest BCUT2D eigenvalue weighted by Gasteiger charge is 2.45. The van der Waals surface area contributed by atoms with Crippen molar-refractivity contribution in [2.75, 3.05) is 44.7 Å². The van der Waals surface area contributed by atoms with Crippen LogP contribution in [-0.2, 0) is 20.9 Å². The molecule has 0 spiro atoms. The summed E-state index contributed by atoms with van der Waals surface area (Å²) in [4.78, 5) is 56.8. The topological polar surface area (TPSA) is 93.3 Å². The van der Waals surface area contributed by atoms with E-state index in [-0.39, 0.29) is 25.7 Å². The smallest absolute Gasteiger partial charge is 0.324 e. The summed E-state index contributed by atoms with van der Waals surface area (Å²) in [6.07, 6.45) is 0. The van der Waals surface area contributed by atoms with E-state index in [2.05, 4.69) is 5.32 Å². The molecule has 0 unspecified atom stereocenters. The van der Waals surface area contributed by atoms with E-state index < -0.39 is 17.8 Å². The molecule has 0 aliphatic carbocycles. The van der Waals surface area contributed by atoms with Crippen LogP contribution in [0.4, 0.5) is 10.5 Å². The lowest BCUT2D eigenvalue weighted by Gasteiger charge is -2.35. The van der Waals surface area contributed by atoms with Crippen molar-refractivity contribution in [1.29, 1.82) is 0 Å². The molecule has 2 aliphatic rings. The first-order valence-electron chi connectivity index (χ1n) is 10.8. The molecule has 0 bridgehead atoms. The Kier molecular flexibility index (Phi) is 6.87. The van der Waals surface area contributed by atoms with Gasteiger partial charge in [-0.25, -0.2) is 9.69 Å². The number of thiophene rings is 1. The molecule has 174 valence electrons. The molecule has 5 amide bonds. The van der Waals surface area contributed by atoms with Crippen molar-refractivity contribution < 1.29 is 19.2 Å². The van der Waals surface area contributed by atoms with Gasteiger partial charge in [-0.1, -0.05) is 24.3 Å². The number of hydrogen-bond acceptors (Lipinski definition) is 7. The maximum atomic E-state index is 12.7. The Morgan fingerprint density at radius 1 is 0.909 bits per heavy atom. The lowest BCUT2D eigenvalue weighted by molar-refractivity contribution is -0.144. The number of anilines is 1. The molecule has 2 saturated heterocycles. The number of carbonyl (C=O) groups is 4. The number of para-hydroxylation sites is 1. The molecule has 1 aromatic carbocycles. The molecule has 9 nitrogen and oxygen atoms in total. The first kappa shape index (κ1) is 23.1. The van der Waals surface area contributed by atoms with Gasteiger partial charge in [0.25, 0.3) is 0 Å². The zero-order chi connectivity index (χ0) is 23.5. The van der Waals surface area contributed by atoms with Gasteiger partial charge in [-0.2, -0.15) is 0 Å². The van der Waals surface area contributed by atoms with Crippen LogP contribution in [0.15, 0.2) is 35.7 Å². The minimum absolute atomic E-state index is 0.0689. The largest absolute Gasteiger partial charge is 0.335 e. The minimum atomic E-state index is -0.785. The molecule has 0 saturated carbocycles. The highest BCUT2D eigenvalue weighted by atomic mass is 32.1. The number of urea groups is 1. The maximum absolute atomic E-state index is 12.7. The number of piperazine rings is 1. The van der Waals surface area contributed by atoms with Crippen LogP contribution in [-0.4, -0.2) is 82.7 Å². The number of imide groups is 2. The van der Waals surface area contributed by atoms with Crippen LogP contribution in [0.1, 0.15) is 16.0 Å². The average Bonchev–Trinajstić information content (AvgIpc) is 3.37. The molecule has 0 atom stereocenters. The highest BCUT2D eigenvalue weighted by molar-refractivity contribution is 7.09. The van der Waals surface area contributed by atoms with Crippen LogP contribution >= 0.6 is 11.3 Å². The number of nitrogens with zero attached hydrogens (tertiary/aromatic N) is 4. The first-order chi connectivity index (χ1) is 15.8. The lowest BCUT2D eigenvalue weighted by Crippen LogP contribution is -2.52.